The van der Waals surface area contributed by atoms with Crippen LogP contribution in [0.15, 0.2) is 71.7 Å². The van der Waals surface area contributed by atoms with Crippen LogP contribution in [0.1, 0.15) is 36.1 Å². The number of nitrogens with zero attached hydrogens (tertiary/aromatic N) is 5. The zero-order chi connectivity index (χ0) is 23.7. The van der Waals surface area contributed by atoms with Gasteiger partial charge in [-0.05, 0) is 56.0 Å². The van der Waals surface area contributed by atoms with Crippen LogP contribution in [0.3, 0.4) is 0 Å². The molecule has 0 aliphatic carbocycles. The monoisotopic (exact) mass is 452 g/mol. The summed E-state index contributed by atoms with van der Waals surface area (Å²) in [7, 11) is 0. The molecule has 0 fully saturated rings. The summed E-state index contributed by atoms with van der Waals surface area (Å²) in [6.45, 7) is 7.61. The van der Waals surface area contributed by atoms with Crippen LogP contribution >= 0.6 is 0 Å². The fourth-order valence-electron chi connectivity index (χ4n) is 4.25. The van der Waals surface area contributed by atoms with Crippen molar-refractivity contribution < 1.29 is 0 Å². The van der Waals surface area contributed by atoms with Crippen LogP contribution in [-0.2, 0) is 6.54 Å². The third kappa shape index (κ3) is 4.29. The predicted molar refractivity (Wildman–Crippen MR) is 136 cm³/mol. The number of anilines is 3. The largest absolute Gasteiger partial charge is 0.348 e. The van der Waals surface area contributed by atoms with Crippen LogP contribution < -0.4 is 15.8 Å². The fraction of sp³-hybridized carbons (Fsp3) is 0.259. The van der Waals surface area contributed by atoms with Crippen molar-refractivity contribution in [3.05, 3.63) is 93.9 Å². The Bertz CT molecular complexity index is 1380. The van der Waals surface area contributed by atoms with Crippen LogP contribution in [-0.4, -0.2) is 26.1 Å². The molecule has 172 valence electrons. The van der Waals surface area contributed by atoms with E-state index in [4.69, 9.17) is 9.97 Å². The molecular weight excluding hydrogens is 424 g/mol. The molecule has 0 radical (unpaired) electrons. The SMILES string of the molecule is Cc1ccc(-c2cc(=O)n3c(n2)N(c2ccnc(NC(C)c4ccccc4)n2)CCC3)cc1C. The zero-order valence-electron chi connectivity index (χ0n) is 19.7. The highest BCUT2D eigenvalue weighted by atomic mass is 16.1. The third-order valence-corrected chi connectivity index (χ3v) is 6.36. The van der Waals surface area contributed by atoms with Gasteiger partial charge in [-0.1, -0.05) is 42.5 Å². The molecule has 1 atom stereocenters. The zero-order valence-corrected chi connectivity index (χ0v) is 19.7. The standard InChI is InChI=1S/C27H28N6O/c1-18-10-11-22(16-19(18)2)23-17-25(34)33-15-7-14-32(27(33)30-23)24-12-13-28-26(31-24)29-20(3)21-8-5-4-6-9-21/h4-6,8-13,16-17,20H,7,14-15H2,1-3H3,(H,28,29,31). The van der Waals surface area contributed by atoms with Crippen molar-refractivity contribution in [2.24, 2.45) is 0 Å². The summed E-state index contributed by atoms with van der Waals surface area (Å²) in [5.41, 5.74) is 5.12. The number of aryl methyl sites for hydroxylation is 2. The van der Waals surface area contributed by atoms with Gasteiger partial charge in [0.2, 0.25) is 11.9 Å². The van der Waals surface area contributed by atoms with Crippen molar-refractivity contribution in [3.8, 4) is 11.3 Å². The summed E-state index contributed by atoms with van der Waals surface area (Å²) >= 11 is 0. The molecule has 4 aromatic rings. The smallest absolute Gasteiger partial charge is 0.255 e. The maximum atomic E-state index is 13.0. The van der Waals surface area contributed by atoms with Gasteiger partial charge in [0.15, 0.2) is 0 Å². The molecular formula is C27H28N6O. The maximum Gasteiger partial charge on any atom is 0.255 e. The molecule has 0 saturated heterocycles. The van der Waals surface area contributed by atoms with Gasteiger partial charge < -0.3 is 5.32 Å². The van der Waals surface area contributed by atoms with Gasteiger partial charge in [0.1, 0.15) is 5.82 Å². The molecule has 0 amide bonds. The molecule has 2 aromatic heterocycles. The van der Waals surface area contributed by atoms with Crippen molar-refractivity contribution in [2.45, 2.75) is 39.8 Å². The van der Waals surface area contributed by atoms with Crippen molar-refractivity contribution in [1.29, 1.82) is 0 Å². The summed E-state index contributed by atoms with van der Waals surface area (Å²) in [4.78, 5) is 29.1. The second kappa shape index (κ2) is 9.09. The number of hydrogen-bond donors (Lipinski definition) is 1. The van der Waals surface area contributed by atoms with E-state index in [0.717, 1.165) is 29.9 Å². The Morgan fingerprint density at radius 3 is 2.56 bits per heavy atom. The fourth-order valence-corrected chi connectivity index (χ4v) is 4.25. The average molecular weight is 453 g/mol. The third-order valence-electron chi connectivity index (χ3n) is 6.36. The Labute approximate surface area is 199 Å². The molecule has 1 unspecified atom stereocenters. The minimum absolute atomic E-state index is 0.0481. The highest BCUT2D eigenvalue weighted by molar-refractivity contribution is 5.64. The number of rotatable bonds is 5. The first-order valence-corrected chi connectivity index (χ1v) is 11.6. The molecule has 0 spiro atoms. The van der Waals surface area contributed by atoms with Crippen molar-refractivity contribution in [1.82, 2.24) is 19.5 Å². The van der Waals surface area contributed by atoms with E-state index in [-0.39, 0.29) is 11.6 Å². The lowest BCUT2D eigenvalue weighted by molar-refractivity contribution is 0.561. The second-order valence-electron chi connectivity index (χ2n) is 8.75. The first kappa shape index (κ1) is 21.8. The molecule has 5 rings (SSSR count). The van der Waals surface area contributed by atoms with Gasteiger partial charge in [-0.25, -0.2) is 9.97 Å². The van der Waals surface area contributed by atoms with Crippen molar-refractivity contribution in [3.63, 3.8) is 0 Å². The average Bonchev–Trinajstić information content (AvgIpc) is 2.86. The van der Waals surface area contributed by atoms with Gasteiger partial charge >= 0.3 is 0 Å². The van der Waals surface area contributed by atoms with Crippen LogP contribution in [0.2, 0.25) is 0 Å². The molecule has 2 aromatic carbocycles. The van der Waals surface area contributed by atoms with E-state index in [1.807, 2.05) is 35.2 Å². The van der Waals surface area contributed by atoms with Crippen molar-refractivity contribution in [2.75, 3.05) is 16.8 Å². The summed E-state index contributed by atoms with van der Waals surface area (Å²) in [6.07, 6.45) is 2.58. The normalized spacial score (nSPS) is 13.9. The van der Waals surface area contributed by atoms with E-state index >= 15 is 0 Å². The Kier molecular flexibility index (Phi) is 5.84. The topological polar surface area (TPSA) is 75.9 Å². The quantitative estimate of drug-likeness (QED) is 0.458. The summed E-state index contributed by atoms with van der Waals surface area (Å²) in [5.74, 6) is 1.88. The lowest BCUT2D eigenvalue weighted by atomic mass is 10.0. The Morgan fingerprint density at radius 2 is 1.76 bits per heavy atom. The first-order chi connectivity index (χ1) is 16.5. The molecule has 1 N–H and O–H groups in total. The molecule has 7 nitrogen and oxygen atoms in total. The van der Waals surface area contributed by atoms with Crippen LogP contribution in [0.5, 0.6) is 0 Å². The molecule has 34 heavy (non-hydrogen) atoms. The molecule has 7 heteroatoms. The van der Waals surface area contributed by atoms with E-state index in [1.165, 1.54) is 11.1 Å². The summed E-state index contributed by atoms with van der Waals surface area (Å²) in [6, 6.07) is 19.9. The molecule has 3 heterocycles. The minimum atomic E-state index is -0.0481. The van der Waals surface area contributed by atoms with E-state index in [9.17, 15) is 4.79 Å². The number of fused-ring (bicyclic) bond motifs is 1. The Balaban J connectivity index is 1.49. The van der Waals surface area contributed by atoms with Crippen molar-refractivity contribution >= 4 is 17.7 Å². The van der Waals surface area contributed by atoms with Gasteiger partial charge in [-0.15, -0.1) is 0 Å². The van der Waals surface area contributed by atoms with Gasteiger partial charge in [-0.3, -0.25) is 14.3 Å². The van der Waals surface area contributed by atoms with Gasteiger partial charge in [0, 0.05) is 30.9 Å². The van der Waals surface area contributed by atoms with Crippen LogP contribution in [0, 0.1) is 13.8 Å². The van der Waals surface area contributed by atoms with E-state index in [0.29, 0.717) is 24.1 Å². The van der Waals surface area contributed by atoms with Crippen LogP contribution in [0.4, 0.5) is 17.7 Å². The molecule has 0 saturated carbocycles. The van der Waals surface area contributed by atoms with Gasteiger partial charge in [0.05, 0.1) is 11.7 Å². The Morgan fingerprint density at radius 1 is 0.941 bits per heavy atom. The number of nitrogens with one attached hydrogen (secondary N) is 1. The first-order valence-electron chi connectivity index (χ1n) is 11.6. The minimum Gasteiger partial charge on any atom is -0.348 e. The number of benzene rings is 2. The molecule has 1 aliphatic rings. The summed E-state index contributed by atoms with van der Waals surface area (Å²) < 4.78 is 1.73. The highest BCUT2D eigenvalue weighted by Gasteiger charge is 2.23. The number of aromatic nitrogens is 4. The van der Waals surface area contributed by atoms with Gasteiger partial charge in [-0.2, -0.15) is 4.98 Å². The van der Waals surface area contributed by atoms with Crippen LogP contribution in [0.25, 0.3) is 11.3 Å². The second-order valence-corrected chi connectivity index (χ2v) is 8.75. The van der Waals surface area contributed by atoms with Gasteiger partial charge in [0.25, 0.3) is 5.56 Å². The highest BCUT2D eigenvalue weighted by Crippen LogP contribution is 2.29. The lowest BCUT2D eigenvalue weighted by Gasteiger charge is -2.30. The molecule has 0 bridgehead atoms. The lowest BCUT2D eigenvalue weighted by Crippen LogP contribution is -2.36. The van der Waals surface area contributed by atoms with E-state index in [1.54, 1.807) is 16.8 Å². The summed E-state index contributed by atoms with van der Waals surface area (Å²) in [5, 5.41) is 3.38. The number of hydrogen-bond acceptors (Lipinski definition) is 6. The van der Waals surface area contributed by atoms with E-state index in [2.05, 4.69) is 55.3 Å². The maximum absolute atomic E-state index is 13.0. The predicted octanol–water partition coefficient (Wildman–Crippen LogP) is 5.03. The van der Waals surface area contributed by atoms with E-state index < -0.39 is 0 Å². The molecule has 1 aliphatic heterocycles. The Hall–Kier alpha value is -4.00.